The van der Waals surface area contributed by atoms with Crippen LogP contribution in [0, 0.1) is 0 Å². The third kappa shape index (κ3) is 3.45. The summed E-state index contributed by atoms with van der Waals surface area (Å²) >= 11 is 1.59. The highest BCUT2D eigenvalue weighted by Crippen LogP contribution is 2.43. The first-order chi connectivity index (χ1) is 14.2. The summed E-state index contributed by atoms with van der Waals surface area (Å²) in [7, 11) is 3.00. The summed E-state index contributed by atoms with van der Waals surface area (Å²) in [5.41, 5.74) is 3.58. The molecule has 0 spiro atoms. The van der Waals surface area contributed by atoms with Crippen LogP contribution in [0.15, 0.2) is 41.8 Å². The van der Waals surface area contributed by atoms with Gasteiger partial charge < -0.3 is 14.4 Å². The van der Waals surface area contributed by atoms with Gasteiger partial charge in [-0.2, -0.15) is 5.10 Å². The number of carbonyl (C=O) groups excluding carboxylic acids is 2. The van der Waals surface area contributed by atoms with E-state index in [-0.39, 0.29) is 17.9 Å². The molecule has 2 aromatic heterocycles. The number of aromatic nitrogens is 2. The number of methoxy groups -OCH3 is 2. The largest absolute Gasteiger partial charge is 0.465 e. The molecule has 1 amide bonds. The maximum absolute atomic E-state index is 13.1. The first-order valence-electron chi connectivity index (χ1n) is 9.26. The molecule has 1 aliphatic rings. The minimum atomic E-state index is -0.390. The quantitative estimate of drug-likeness (QED) is 0.475. The maximum Gasteiger partial charge on any atom is 0.337 e. The molecule has 0 fully saturated rings. The number of rotatable bonds is 7. The van der Waals surface area contributed by atoms with Crippen LogP contribution in [-0.4, -0.2) is 54.3 Å². The van der Waals surface area contributed by atoms with Gasteiger partial charge in [0.2, 0.25) is 0 Å². The molecule has 4 rings (SSSR count). The van der Waals surface area contributed by atoms with Gasteiger partial charge in [-0.1, -0.05) is 18.2 Å². The summed E-state index contributed by atoms with van der Waals surface area (Å²) < 4.78 is 9.95. The molecule has 1 atom stereocenters. The molecule has 0 aliphatic carbocycles. The van der Waals surface area contributed by atoms with Crippen molar-refractivity contribution in [3.8, 4) is 10.6 Å². The van der Waals surface area contributed by atoms with Gasteiger partial charge in [-0.05, 0) is 35.6 Å². The number of ether oxygens (including phenoxy) is 2. The molecule has 1 N–H and O–H groups in total. The zero-order valence-corrected chi connectivity index (χ0v) is 17.0. The van der Waals surface area contributed by atoms with E-state index in [1.807, 2.05) is 34.5 Å². The minimum Gasteiger partial charge on any atom is -0.465 e. The summed E-state index contributed by atoms with van der Waals surface area (Å²) in [6, 6.07) is 10.9. The Hall–Kier alpha value is -2.97. The second kappa shape index (κ2) is 8.18. The number of hydrogen-bond donors (Lipinski definition) is 1. The summed E-state index contributed by atoms with van der Waals surface area (Å²) in [4.78, 5) is 27.8. The zero-order chi connectivity index (χ0) is 20.4. The summed E-state index contributed by atoms with van der Waals surface area (Å²) in [5, 5.41) is 9.38. The van der Waals surface area contributed by atoms with Crippen molar-refractivity contribution in [3.05, 3.63) is 64.2 Å². The molecular weight excluding hydrogens is 390 g/mol. The van der Waals surface area contributed by atoms with Crippen molar-refractivity contribution >= 4 is 23.2 Å². The molecule has 0 saturated carbocycles. The number of fused-ring (bicyclic) bond motifs is 1. The molecule has 0 bridgehead atoms. The monoisotopic (exact) mass is 411 g/mol. The fourth-order valence-corrected chi connectivity index (χ4v) is 4.41. The Morgan fingerprint density at radius 1 is 1.24 bits per heavy atom. The second-order valence-corrected chi connectivity index (χ2v) is 7.65. The molecule has 29 heavy (non-hydrogen) atoms. The molecule has 3 aromatic rings. The van der Waals surface area contributed by atoms with Crippen LogP contribution >= 0.6 is 11.3 Å². The number of esters is 1. The molecule has 8 heteroatoms. The van der Waals surface area contributed by atoms with Crippen LogP contribution < -0.4 is 0 Å². The van der Waals surface area contributed by atoms with E-state index < -0.39 is 0 Å². The van der Waals surface area contributed by atoms with Crippen LogP contribution in [0.3, 0.4) is 0 Å². The van der Waals surface area contributed by atoms with Crippen LogP contribution in [0.1, 0.15) is 44.4 Å². The number of carbonyl (C=O) groups is 2. The molecule has 0 saturated heterocycles. The maximum atomic E-state index is 13.1. The predicted molar refractivity (Wildman–Crippen MR) is 109 cm³/mol. The molecular formula is C21H21N3O4S. The van der Waals surface area contributed by atoms with E-state index in [4.69, 9.17) is 9.47 Å². The van der Waals surface area contributed by atoms with Gasteiger partial charge in [0, 0.05) is 25.8 Å². The van der Waals surface area contributed by atoms with Crippen LogP contribution in [0.25, 0.3) is 10.6 Å². The van der Waals surface area contributed by atoms with E-state index in [9.17, 15) is 9.59 Å². The summed E-state index contributed by atoms with van der Waals surface area (Å²) in [6.45, 7) is 1.12. The van der Waals surface area contributed by atoms with Gasteiger partial charge in [0.1, 0.15) is 0 Å². The van der Waals surface area contributed by atoms with E-state index in [0.717, 1.165) is 28.1 Å². The van der Waals surface area contributed by atoms with Gasteiger partial charge in [-0.25, -0.2) is 4.79 Å². The Morgan fingerprint density at radius 2 is 2.03 bits per heavy atom. The number of amides is 1. The minimum absolute atomic E-state index is 0.0998. The zero-order valence-electron chi connectivity index (χ0n) is 16.2. The van der Waals surface area contributed by atoms with Crippen molar-refractivity contribution in [2.45, 2.75) is 12.5 Å². The molecule has 1 unspecified atom stereocenters. The Bertz CT molecular complexity index is 1010. The second-order valence-electron chi connectivity index (χ2n) is 6.70. The molecule has 150 valence electrons. The van der Waals surface area contributed by atoms with Gasteiger partial charge in [0.25, 0.3) is 5.91 Å². The van der Waals surface area contributed by atoms with Crippen LogP contribution in [-0.2, 0) is 9.47 Å². The predicted octanol–water partition coefficient (Wildman–Crippen LogP) is 3.51. The Balaban J connectivity index is 1.77. The van der Waals surface area contributed by atoms with Crippen molar-refractivity contribution in [2.24, 2.45) is 0 Å². The standard InChI is InChI=1S/C21H21N3O4S/c1-27-11-4-10-24-19(13-6-8-14(9-7-13)21(26)28-2)16-17(15-5-3-12-29-15)22-23-18(16)20(24)25/h3,5-9,12,19H,4,10-11H2,1-2H3,(H,22,23). The highest BCUT2D eigenvalue weighted by Gasteiger charge is 2.42. The van der Waals surface area contributed by atoms with Crippen molar-refractivity contribution in [1.82, 2.24) is 15.1 Å². The molecule has 1 aromatic carbocycles. The number of benzene rings is 1. The number of aromatic amines is 1. The molecule has 3 heterocycles. The Labute approximate surface area is 172 Å². The van der Waals surface area contributed by atoms with E-state index >= 15 is 0 Å². The highest BCUT2D eigenvalue weighted by atomic mass is 32.1. The van der Waals surface area contributed by atoms with E-state index in [1.54, 1.807) is 30.6 Å². The number of H-pyrrole nitrogens is 1. The van der Waals surface area contributed by atoms with Crippen LogP contribution in [0.4, 0.5) is 0 Å². The van der Waals surface area contributed by atoms with E-state index in [1.165, 1.54) is 7.11 Å². The lowest BCUT2D eigenvalue weighted by molar-refractivity contribution is 0.0599. The van der Waals surface area contributed by atoms with Gasteiger partial charge in [0.15, 0.2) is 5.69 Å². The SMILES string of the molecule is COCCCN1C(=O)c2n[nH]c(-c3cccs3)c2C1c1ccc(C(=O)OC)cc1. The first kappa shape index (κ1) is 19.4. The normalized spacial score (nSPS) is 15.6. The van der Waals surface area contributed by atoms with E-state index in [0.29, 0.717) is 24.4 Å². The smallest absolute Gasteiger partial charge is 0.337 e. The fourth-order valence-electron chi connectivity index (χ4n) is 3.67. The lowest BCUT2D eigenvalue weighted by Crippen LogP contribution is -2.31. The van der Waals surface area contributed by atoms with Crippen molar-refractivity contribution in [1.29, 1.82) is 0 Å². The van der Waals surface area contributed by atoms with E-state index in [2.05, 4.69) is 10.2 Å². The number of nitrogens with one attached hydrogen (secondary N) is 1. The third-order valence-corrected chi connectivity index (χ3v) is 5.90. The average Bonchev–Trinajstić information content (AvgIpc) is 3.46. The van der Waals surface area contributed by atoms with Gasteiger partial charge in [0.05, 0.1) is 29.3 Å². The molecule has 0 radical (unpaired) electrons. The lowest BCUT2D eigenvalue weighted by Gasteiger charge is -2.26. The summed E-state index contributed by atoms with van der Waals surface area (Å²) in [5.74, 6) is -0.489. The lowest BCUT2D eigenvalue weighted by atomic mass is 9.97. The van der Waals surface area contributed by atoms with Crippen molar-refractivity contribution in [2.75, 3.05) is 27.4 Å². The van der Waals surface area contributed by atoms with Crippen molar-refractivity contribution < 1.29 is 19.1 Å². The Morgan fingerprint density at radius 3 is 2.69 bits per heavy atom. The Kier molecular flexibility index (Phi) is 5.46. The summed E-state index contributed by atoms with van der Waals surface area (Å²) in [6.07, 6.45) is 0.724. The van der Waals surface area contributed by atoms with Gasteiger partial charge >= 0.3 is 5.97 Å². The van der Waals surface area contributed by atoms with Crippen molar-refractivity contribution in [3.63, 3.8) is 0 Å². The number of thiophene rings is 1. The molecule has 7 nitrogen and oxygen atoms in total. The highest BCUT2D eigenvalue weighted by molar-refractivity contribution is 7.13. The van der Waals surface area contributed by atoms with Crippen LogP contribution in [0.2, 0.25) is 0 Å². The third-order valence-electron chi connectivity index (χ3n) is 5.02. The number of hydrogen-bond acceptors (Lipinski definition) is 6. The fraction of sp³-hybridized carbons (Fsp3) is 0.286. The molecule has 1 aliphatic heterocycles. The first-order valence-corrected chi connectivity index (χ1v) is 10.1. The van der Waals surface area contributed by atoms with Gasteiger partial charge in [-0.15, -0.1) is 11.3 Å². The number of nitrogens with zero attached hydrogens (tertiary/aromatic N) is 2. The van der Waals surface area contributed by atoms with Crippen LogP contribution in [0.5, 0.6) is 0 Å². The average molecular weight is 411 g/mol. The van der Waals surface area contributed by atoms with Gasteiger partial charge in [-0.3, -0.25) is 9.89 Å². The topological polar surface area (TPSA) is 84.5 Å².